The van der Waals surface area contributed by atoms with Crippen LogP contribution >= 0.6 is 0 Å². The Balaban J connectivity index is 2.06. The van der Waals surface area contributed by atoms with Crippen LogP contribution in [-0.4, -0.2) is 0 Å². The number of hydrogen-bond acceptors (Lipinski definition) is 0. The standard InChI is InChI=1S/C26H32N/c1-4-7-11-20-13-10-15-24-22(20)17-19-27-25(24)23-14-9-8-12-21(23)16-18-26(27,5-2)6-3/h8-10,12-15,17,19H,4-7,11,16,18H2,1-3H3/q+1. The summed E-state index contributed by atoms with van der Waals surface area (Å²) in [4.78, 5) is 0. The molecule has 1 aromatic heterocycles. The summed E-state index contributed by atoms with van der Waals surface area (Å²) in [6.45, 7) is 7.00. The Labute approximate surface area is 164 Å². The van der Waals surface area contributed by atoms with Crippen molar-refractivity contribution in [1.29, 1.82) is 0 Å². The molecule has 0 aliphatic carbocycles. The topological polar surface area (TPSA) is 3.88 Å². The van der Waals surface area contributed by atoms with E-state index in [2.05, 4.69) is 80.1 Å². The fraction of sp³-hybridized carbons (Fsp3) is 0.423. The van der Waals surface area contributed by atoms with Gasteiger partial charge in [0.1, 0.15) is 0 Å². The van der Waals surface area contributed by atoms with Crippen molar-refractivity contribution < 1.29 is 4.57 Å². The minimum absolute atomic E-state index is 0.210. The molecule has 0 bridgehead atoms. The number of aryl methyl sites for hydroxylation is 2. The summed E-state index contributed by atoms with van der Waals surface area (Å²) in [5, 5.41) is 2.86. The van der Waals surface area contributed by atoms with E-state index < -0.39 is 0 Å². The first-order chi connectivity index (χ1) is 13.2. The van der Waals surface area contributed by atoms with Crippen LogP contribution in [0.3, 0.4) is 0 Å². The van der Waals surface area contributed by atoms with E-state index in [-0.39, 0.29) is 5.54 Å². The van der Waals surface area contributed by atoms with Crippen LogP contribution in [0.1, 0.15) is 64.0 Å². The van der Waals surface area contributed by atoms with Crippen molar-refractivity contribution >= 4 is 10.8 Å². The zero-order valence-electron chi connectivity index (χ0n) is 17.1. The molecule has 27 heavy (non-hydrogen) atoms. The van der Waals surface area contributed by atoms with E-state index >= 15 is 0 Å². The van der Waals surface area contributed by atoms with Crippen molar-refractivity contribution in [2.75, 3.05) is 0 Å². The van der Waals surface area contributed by atoms with Gasteiger partial charge in [-0.25, -0.2) is 0 Å². The van der Waals surface area contributed by atoms with E-state index in [1.165, 1.54) is 71.7 Å². The summed E-state index contributed by atoms with van der Waals surface area (Å²) in [6.07, 6.45) is 10.8. The number of fused-ring (bicyclic) bond motifs is 5. The van der Waals surface area contributed by atoms with Crippen LogP contribution in [0.4, 0.5) is 0 Å². The molecule has 0 amide bonds. The molecule has 140 valence electrons. The summed E-state index contributed by atoms with van der Waals surface area (Å²) < 4.78 is 2.63. The molecule has 1 aliphatic heterocycles. The van der Waals surface area contributed by atoms with Crippen molar-refractivity contribution in [2.24, 2.45) is 0 Å². The zero-order chi connectivity index (χ0) is 18.9. The van der Waals surface area contributed by atoms with Crippen LogP contribution in [0.25, 0.3) is 22.0 Å². The number of aromatic nitrogens is 1. The van der Waals surface area contributed by atoms with E-state index in [1.54, 1.807) is 0 Å². The highest BCUT2D eigenvalue weighted by Gasteiger charge is 2.41. The van der Waals surface area contributed by atoms with Crippen LogP contribution in [0, 0.1) is 0 Å². The second kappa shape index (κ2) is 7.46. The van der Waals surface area contributed by atoms with Crippen molar-refractivity contribution in [3.05, 3.63) is 65.9 Å². The number of hydrogen-bond donors (Lipinski definition) is 0. The molecule has 0 spiro atoms. The molecule has 2 aromatic carbocycles. The monoisotopic (exact) mass is 358 g/mol. The Morgan fingerprint density at radius 2 is 1.70 bits per heavy atom. The maximum absolute atomic E-state index is 2.63. The maximum Gasteiger partial charge on any atom is 0.221 e. The van der Waals surface area contributed by atoms with Crippen molar-refractivity contribution in [3.63, 3.8) is 0 Å². The van der Waals surface area contributed by atoms with E-state index in [1.807, 2.05) is 0 Å². The molecule has 0 saturated carbocycles. The van der Waals surface area contributed by atoms with Crippen molar-refractivity contribution in [3.8, 4) is 11.3 Å². The van der Waals surface area contributed by atoms with Crippen LogP contribution in [0.2, 0.25) is 0 Å². The van der Waals surface area contributed by atoms with Crippen LogP contribution in [0.15, 0.2) is 54.7 Å². The molecule has 0 unspecified atom stereocenters. The van der Waals surface area contributed by atoms with Gasteiger partial charge in [0.05, 0.1) is 10.9 Å². The summed E-state index contributed by atoms with van der Waals surface area (Å²) in [6, 6.07) is 18.4. The molecule has 4 rings (SSSR count). The van der Waals surface area contributed by atoms with Gasteiger partial charge >= 0.3 is 0 Å². The fourth-order valence-corrected chi connectivity index (χ4v) is 5.03. The predicted octanol–water partition coefficient (Wildman–Crippen LogP) is 6.60. The van der Waals surface area contributed by atoms with Crippen molar-refractivity contribution in [1.82, 2.24) is 0 Å². The van der Waals surface area contributed by atoms with Crippen LogP contribution < -0.4 is 4.57 Å². The molecule has 0 fully saturated rings. The third-order valence-corrected chi connectivity index (χ3v) is 6.84. The van der Waals surface area contributed by atoms with Gasteiger partial charge in [-0.05, 0) is 47.9 Å². The lowest BCUT2D eigenvalue weighted by Crippen LogP contribution is -2.56. The van der Waals surface area contributed by atoms with Gasteiger partial charge < -0.3 is 0 Å². The summed E-state index contributed by atoms with van der Waals surface area (Å²) in [5.74, 6) is 0. The quantitative estimate of drug-likeness (QED) is 0.452. The molecule has 1 nitrogen and oxygen atoms in total. The average Bonchev–Trinajstić information content (AvgIpc) is 2.87. The molecule has 0 radical (unpaired) electrons. The minimum atomic E-state index is 0.210. The van der Waals surface area contributed by atoms with E-state index in [0.717, 1.165) is 6.42 Å². The molecule has 1 heteroatoms. The first-order valence-corrected chi connectivity index (χ1v) is 10.8. The predicted molar refractivity (Wildman–Crippen MR) is 115 cm³/mol. The second-order valence-electron chi connectivity index (χ2n) is 8.10. The Hall–Kier alpha value is -2.15. The first kappa shape index (κ1) is 18.2. The fourth-order valence-electron chi connectivity index (χ4n) is 5.03. The Bertz CT molecular complexity index is 950. The van der Waals surface area contributed by atoms with Crippen LogP contribution in [0.5, 0.6) is 0 Å². The highest BCUT2D eigenvalue weighted by Crippen LogP contribution is 2.38. The van der Waals surface area contributed by atoms with Gasteiger partial charge in [0.15, 0.2) is 11.7 Å². The lowest BCUT2D eigenvalue weighted by molar-refractivity contribution is -0.756. The third-order valence-electron chi connectivity index (χ3n) is 6.84. The SMILES string of the molecule is CCCCc1cccc2c3[n+](ccc12)C(CC)(CC)CCc1ccccc1-3. The van der Waals surface area contributed by atoms with Gasteiger partial charge in [0.2, 0.25) is 5.69 Å². The average molecular weight is 359 g/mol. The maximum atomic E-state index is 2.63. The highest BCUT2D eigenvalue weighted by atomic mass is 15.1. The normalized spacial score (nSPS) is 15.2. The number of benzene rings is 2. The Kier molecular flexibility index (Phi) is 5.04. The van der Waals surface area contributed by atoms with E-state index in [0.29, 0.717) is 0 Å². The molecule has 0 N–H and O–H groups in total. The van der Waals surface area contributed by atoms with E-state index in [4.69, 9.17) is 0 Å². The zero-order valence-corrected chi connectivity index (χ0v) is 17.1. The van der Waals surface area contributed by atoms with Gasteiger partial charge in [0, 0.05) is 25.3 Å². The number of unbranched alkanes of at least 4 members (excludes halogenated alkanes) is 1. The number of pyridine rings is 1. The Morgan fingerprint density at radius 1 is 0.889 bits per heavy atom. The van der Waals surface area contributed by atoms with Gasteiger partial charge in [0.25, 0.3) is 0 Å². The summed E-state index contributed by atoms with van der Waals surface area (Å²) in [7, 11) is 0. The molecule has 1 aliphatic rings. The third kappa shape index (κ3) is 2.98. The first-order valence-electron chi connectivity index (χ1n) is 10.8. The molecule has 0 saturated heterocycles. The minimum Gasteiger partial charge on any atom is -0.192 e. The molecule has 3 aromatic rings. The molecular weight excluding hydrogens is 326 g/mol. The van der Waals surface area contributed by atoms with Gasteiger partial charge in [-0.3, -0.25) is 0 Å². The molecule has 2 heterocycles. The second-order valence-corrected chi connectivity index (χ2v) is 8.10. The molecular formula is C26H32N+. The molecule has 0 atom stereocenters. The van der Waals surface area contributed by atoms with Crippen molar-refractivity contribution in [2.45, 2.75) is 71.3 Å². The largest absolute Gasteiger partial charge is 0.221 e. The Morgan fingerprint density at radius 3 is 2.48 bits per heavy atom. The van der Waals surface area contributed by atoms with Crippen LogP contribution in [-0.2, 0) is 18.4 Å². The lowest BCUT2D eigenvalue weighted by Gasteiger charge is -2.26. The van der Waals surface area contributed by atoms with Gasteiger partial charge in [-0.1, -0.05) is 57.5 Å². The lowest BCUT2D eigenvalue weighted by atomic mass is 9.86. The van der Waals surface area contributed by atoms with Gasteiger partial charge in [-0.2, -0.15) is 4.57 Å². The smallest absolute Gasteiger partial charge is 0.192 e. The number of rotatable bonds is 5. The van der Waals surface area contributed by atoms with E-state index in [9.17, 15) is 0 Å². The summed E-state index contributed by atoms with van der Waals surface area (Å²) >= 11 is 0. The highest BCUT2D eigenvalue weighted by molar-refractivity contribution is 5.95. The number of nitrogens with zero attached hydrogens (tertiary/aromatic N) is 1. The summed E-state index contributed by atoms with van der Waals surface area (Å²) in [5.41, 5.74) is 6.07. The van der Waals surface area contributed by atoms with Gasteiger partial charge in [-0.15, -0.1) is 0 Å².